The second-order valence-corrected chi connectivity index (χ2v) is 6.13. The molecule has 0 bridgehead atoms. The molecule has 3 rings (SSSR count). The lowest BCUT2D eigenvalue weighted by Crippen LogP contribution is -2.26. The molecule has 1 aromatic rings. The number of fused-ring (bicyclic) bond motifs is 1. The van der Waals surface area contributed by atoms with Gasteiger partial charge in [-0.25, -0.2) is 0 Å². The zero-order chi connectivity index (χ0) is 14.7. The Morgan fingerprint density at radius 3 is 2.90 bits per heavy atom. The highest BCUT2D eigenvalue weighted by molar-refractivity contribution is 5.76. The minimum atomic E-state index is 0.145. The number of hydrogen-bond acceptors (Lipinski definition) is 3. The van der Waals surface area contributed by atoms with Crippen LogP contribution in [0.25, 0.3) is 0 Å². The van der Waals surface area contributed by atoms with E-state index in [2.05, 4.69) is 22.8 Å². The van der Waals surface area contributed by atoms with Crippen molar-refractivity contribution in [1.29, 1.82) is 0 Å². The van der Waals surface area contributed by atoms with Crippen LogP contribution in [0.1, 0.15) is 36.0 Å². The summed E-state index contributed by atoms with van der Waals surface area (Å²) >= 11 is 0. The summed E-state index contributed by atoms with van der Waals surface area (Å²) in [6.45, 7) is 2.57. The van der Waals surface area contributed by atoms with Crippen LogP contribution in [0.15, 0.2) is 12.1 Å². The zero-order valence-electron chi connectivity index (χ0n) is 12.7. The van der Waals surface area contributed by atoms with E-state index in [0.717, 1.165) is 43.7 Å². The number of ether oxygens (including phenoxy) is 1. The topological polar surface area (TPSA) is 50.4 Å². The highest BCUT2D eigenvalue weighted by Crippen LogP contribution is 2.29. The first kappa shape index (κ1) is 14.4. The third kappa shape index (κ3) is 3.38. The lowest BCUT2D eigenvalue weighted by molar-refractivity contribution is -0.122. The van der Waals surface area contributed by atoms with E-state index in [1.54, 1.807) is 7.11 Å². The minimum Gasteiger partial charge on any atom is -0.496 e. The summed E-state index contributed by atoms with van der Waals surface area (Å²) in [5, 5.41) is 6.34. The molecule has 1 aliphatic heterocycles. The molecule has 1 heterocycles. The Balaban J connectivity index is 1.60. The van der Waals surface area contributed by atoms with Crippen molar-refractivity contribution in [2.75, 3.05) is 20.2 Å². The lowest BCUT2D eigenvalue weighted by Gasteiger charge is -2.13. The number of aryl methyl sites for hydroxylation is 2. The van der Waals surface area contributed by atoms with Crippen molar-refractivity contribution in [3.8, 4) is 5.75 Å². The van der Waals surface area contributed by atoms with Crippen LogP contribution in [0.4, 0.5) is 0 Å². The highest BCUT2D eigenvalue weighted by Gasteiger charge is 2.19. The van der Waals surface area contributed by atoms with E-state index in [9.17, 15) is 4.79 Å². The van der Waals surface area contributed by atoms with E-state index in [1.165, 1.54) is 17.5 Å². The van der Waals surface area contributed by atoms with Crippen LogP contribution in [-0.4, -0.2) is 26.1 Å². The summed E-state index contributed by atoms with van der Waals surface area (Å²) in [7, 11) is 1.70. The molecule has 0 unspecified atom stereocenters. The largest absolute Gasteiger partial charge is 0.496 e. The standard InChI is InChI=1S/C17H24N2O2/c1-21-16-9-14-4-2-3-13(14)8-15(16)11-19-17(20)7-12-5-6-18-10-12/h8-9,12,18H,2-7,10-11H2,1H3,(H,19,20)/t12-/m1/s1. The van der Waals surface area contributed by atoms with Crippen molar-refractivity contribution in [1.82, 2.24) is 10.6 Å². The van der Waals surface area contributed by atoms with Crippen molar-refractivity contribution in [3.63, 3.8) is 0 Å². The smallest absolute Gasteiger partial charge is 0.220 e. The number of carbonyl (C=O) groups excluding carboxylic acids is 1. The summed E-state index contributed by atoms with van der Waals surface area (Å²) in [5.74, 6) is 1.54. The van der Waals surface area contributed by atoms with E-state index in [1.807, 2.05) is 0 Å². The van der Waals surface area contributed by atoms with Gasteiger partial charge in [-0.3, -0.25) is 4.79 Å². The first-order chi connectivity index (χ1) is 10.3. The van der Waals surface area contributed by atoms with Crippen LogP contribution in [-0.2, 0) is 24.2 Å². The quantitative estimate of drug-likeness (QED) is 0.868. The summed E-state index contributed by atoms with van der Waals surface area (Å²) < 4.78 is 5.48. The average Bonchev–Trinajstić information content (AvgIpc) is 3.14. The molecule has 0 aromatic heterocycles. The third-order valence-corrected chi connectivity index (χ3v) is 4.61. The molecule has 1 amide bonds. The zero-order valence-corrected chi connectivity index (χ0v) is 12.7. The molecule has 1 atom stereocenters. The predicted octanol–water partition coefficient (Wildman–Crippen LogP) is 1.80. The Kier molecular flexibility index (Phi) is 4.44. The molecule has 1 fully saturated rings. The van der Waals surface area contributed by atoms with Crippen molar-refractivity contribution in [2.24, 2.45) is 5.92 Å². The van der Waals surface area contributed by atoms with Crippen molar-refractivity contribution < 1.29 is 9.53 Å². The van der Waals surface area contributed by atoms with Crippen LogP contribution in [0.5, 0.6) is 5.75 Å². The van der Waals surface area contributed by atoms with Gasteiger partial charge in [0.05, 0.1) is 7.11 Å². The first-order valence-electron chi connectivity index (χ1n) is 7.92. The average molecular weight is 288 g/mol. The summed E-state index contributed by atoms with van der Waals surface area (Å²) in [6, 6.07) is 4.35. The molecular formula is C17H24N2O2. The van der Waals surface area contributed by atoms with Gasteiger partial charge in [-0.05, 0) is 61.9 Å². The molecule has 114 valence electrons. The number of carbonyl (C=O) groups is 1. The maximum absolute atomic E-state index is 12.0. The van der Waals surface area contributed by atoms with Gasteiger partial charge in [-0.15, -0.1) is 0 Å². The van der Waals surface area contributed by atoms with Gasteiger partial charge in [0.15, 0.2) is 0 Å². The van der Waals surface area contributed by atoms with Crippen molar-refractivity contribution in [3.05, 3.63) is 28.8 Å². The molecule has 4 nitrogen and oxygen atoms in total. The minimum absolute atomic E-state index is 0.145. The Hall–Kier alpha value is -1.55. The number of nitrogens with one attached hydrogen (secondary N) is 2. The third-order valence-electron chi connectivity index (χ3n) is 4.61. The molecular weight excluding hydrogens is 264 g/mol. The van der Waals surface area contributed by atoms with Crippen LogP contribution < -0.4 is 15.4 Å². The molecule has 1 saturated heterocycles. The molecule has 21 heavy (non-hydrogen) atoms. The Morgan fingerprint density at radius 1 is 1.38 bits per heavy atom. The predicted molar refractivity (Wildman–Crippen MR) is 82.5 cm³/mol. The number of hydrogen-bond donors (Lipinski definition) is 2. The van der Waals surface area contributed by atoms with E-state index >= 15 is 0 Å². The second kappa shape index (κ2) is 6.48. The van der Waals surface area contributed by atoms with Gasteiger partial charge in [-0.2, -0.15) is 0 Å². The van der Waals surface area contributed by atoms with E-state index < -0.39 is 0 Å². The Bertz CT molecular complexity index is 522. The Labute approximate surface area is 126 Å². The maximum atomic E-state index is 12.0. The lowest BCUT2D eigenvalue weighted by atomic mass is 10.0. The normalized spacial score (nSPS) is 20.3. The molecule has 0 saturated carbocycles. The van der Waals surface area contributed by atoms with Crippen molar-refractivity contribution >= 4 is 5.91 Å². The van der Waals surface area contributed by atoms with Gasteiger partial charge in [0, 0.05) is 18.5 Å². The van der Waals surface area contributed by atoms with Gasteiger partial charge in [0.2, 0.25) is 5.91 Å². The summed E-state index contributed by atoms with van der Waals surface area (Å²) in [4.78, 5) is 12.0. The number of rotatable bonds is 5. The van der Waals surface area contributed by atoms with Gasteiger partial charge >= 0.3 is 0 Å². The number of amides is 1. The molecule has 0 radical (unpaired) electrons. The van der Waals surface area contributed by atoms with E-state index in [0.29, 0.717) is 18.9 Å². The summed E-state index contributed by atoms with van der Waals surface area (Å²) in [6.07, 6.45) is 5.25. The number of methoxy groups -OCH3 is 1. The Morgan fingerprint density at radius 2 is 2.19 bits per heavy atom. The van der Waals surface area contributed by atoms with Gasteiger partial charge in [0.25, 0.3) is 0 Å². The number of benzene rings is 1. The fourth-order valence-corrected chi connectivity index (χ4v) is 3.40. The van der Waals surface area contributed by atoms with Crippen LogP contribution >= 0.6 is 0 Å². The van der Waals surface area contributed by atoms with Crippen LogP contribution in [0.3, 0.4) is 0 Å². The van der Waals surface area contributed by atoms with Crippen LogP contribution in [0.2, 0.25) is 0 Å². The van der Waals surface area contributed by atoms with Gasteiger partial charge in [-0.1, -0.05) is 6.07 Å². The van der Waals surface area contributed by atoms with E-state index in [-0.39, 0.29) is 5.91 Å². The first-order valence-corrected chi connectivity index (χ1v) is 7.92. The SMILES string of the molecule is COc1cc2c(cc1CNC(=O)C[C@H]1CCNC1)CCC2. The van der Waals surface area contributed by atoms with Gasteiger partial charge in [0.1, 0.15) is 5.75 Å². The van der Waals surface area contributed by atoms with Crippen LogP contribution in [0, 0.1) is 5.92 Å². The van der Waals surface area contributed by atoms with Gasteiger partial charge < -0.3 is 15.4 Å². The molecule has 1 aliphatic carbocycles. The molecule has 1 aromatic carbocycles. The molecule has 0 spiro atoms. The molecule has 4 heteroatoms. The summed E-state index contributed by atoms with van der Waals surface area (Å²) in [5.41, 5.74) is 3.91. The van der Waals surface area contributed by atoms with E-state index in [4.69, 9.17) is 4.74 Å². The monoisotopic (exact) mass is 288 g/mol. The fourth-order valence-electron chi connectivity index (χ4n) is 3.40. The maximum Gasteiger partial charge on any atom is 0.220 e. The molecule has 2 N–H and O–H groups in total. The van der Waals surface area contributed by atoms with Crippen molar-refractivity contribution in [2.45, 2.75) is 38.6 Å². The molecule has 2 aliphatic rings. The highest BCUT2D eigenvalue weighted by atomic mass is 16.5. The fraction of sp³-hybridized carbons (Fsp3) is 0.588. The second-order valence-electron chi connectivity index (χ2n) is 6.13.